The topological polar surface area (TPSA) is 85.4 Å². The summed E-state index contributed by atoms with van der Waals surface area (Å²) in [6.07, 6.45) is 12.2. The minimum atomic E-state index is -0.586. The first-order valence-corrected chi connectivity index (χ1v) is 11.2. The van der Waals surface area contributed by atoms with Crippen LogP contribution in [0.1, 0.15) is 88.9 Å². The lowest BCUT2D eigenvalue weighted by Crippen LogP contribution is -2.36. The van der Waals surface area contributed by atoms with Crippen LogP contribution in [0.2, 0.25) is 0 Å². The second-order valence-corrected chi connectivity index (χ2v) is 9.30. The van der Waals surface area contributed by atoms with Crippen molar-refractivity contribution < 1.29 is 19.1 Å². The second-order valence-electron chi connectivity index (χ2n) is 9.30. The summed E-state index contributed by atoms with van der Waals surface area (Å²) in [5.41, 5.74) is -0.0800. The lowest BCUT2D eigenvalue weighted by atomic mass is 9.84. The number of esters is 1. The van der Waals surface area contributed by atoms with Crippen molar-refractivity contribution in [2.75, 3.05) is 6.54 Å². The predicted molar refractivity (Wildman–Crippen MR) is 116 cm³/mol. The number of pyridine rings is 1. The van der Waals surface area contributed by atoms with Gasteiger partial charge in [-0.05, 0) is 45.2 Å². The van der Waals surface area contributed by atoms with Gasteiger partial charge in [0.2, 0.25) is 5.91 Å². The van der Waals surface area contributed by atoms with Gasteiger partial charge in [0.15, 0.2) is 5.78 Å². The third kappa shape index (κ3) is 9.06. The molecule has 1 heterocycles. The zero-order valence-corrected chi connectivity index (χ0v) is 18.6. The van der Waals surface area contributed by atoms with E-state index in [-0.39, 0.29) is 30.6 Å². The first-order chi connectivity index (χ1) is 14.2. The van der Waals surface area contributed by atoms with Crippen LogP contribution in [0, 0.1) is 11.8 Å². The van der Waals surface area contributed by atoms with E-state index in [1.807, 2.05) is 20.8 Å². The van der Waals surface area contributed by atoms with Crippen LogP contribution in [-0.4, -0.2) is 34.8 Å². The first kappa shape index (κ1) is 24.0. The van der Waals surface area contributed by atoms with E-state index in [1.54, 1.807) is 24.5 Å². The molecule has 0 spiro atoms. The number of nitrogens with one attached hydrogen (secondary N) is 1. The van der Waals surface area contributed by atoms with Crippen LogP contribution >= 0.6 is 0 Å². The highest BCUT2D eigenvalue weighted by molar-refractivity contribution is 5.99. The Morgan fingerprint density at radius 1 is 1.13 bits per heavy atom. The third-order valence-corrected chi connectivity index (χ3v) is 5.52. The van der Waals surface area contributed by atoms with Gasteiger partial charge in [-0.3, -0.25) is 19.4 Å². The Kier molecular flexibility index (Phi) is 9.47. The van der Waals surface area contributed by atoms with E-state index in [2.05, 4.69) is 10.3 Å². The highest BCUT2D eigenvalue weighted by atomic mass is 16.6. The maximum absolute atomic E-state index is 12.8. The molecule has 0 unspecified atom stereocenters. The van der Waals surface area contributed by atoms with Crippen molar-refractivity contribution in [2.45, 2.75) is 84.2 Å². The average Bonchev–Trinajstić information content (AvgIpc) is 2.71. The molecule has 1 amide bonds. The number of hydrogen-bond acceptors (Lipinski definition) is 5. The lowest BCUT2D eigenvalue weighted by Gasteiger charge is -2.24. The van der Waals surface area contributed by atoms with Gasteiger partial charge in [-0.1, -0.05) is 44.9 Å². The Labute approximate surface area is 180 Å². The zero-order chi connectivity index (χ0) is 22.0. The van der Waals surface area contributed by atoms with Crippen LogP contribution in [0.25, 0.3) is 0 Å². The van der Waals surface area contributed by atoms with Gasteiger partial charge in [0, 0.05) is 23.9 Å². The molecule has 0 aromatic carbocycles. The SMILES string of the molecule is CC(C)(C)OC(=O)C[C@@H](CCCC1CCCCC1)C(=O)NCC(=O)c1ccncc1. The fourth-order valence-corrected chi connectivity index (χ4v) is 3.99. The molecule has 0 bridgehead atoms. The van der Waals surface area contributed by atoms with E-state index in [1.165, 1.54) is 32.1 Å². The summed E-state index contributed by atoms with van der Waals surface area (Å²) in [7, 11) is 0. The first-order valence-electron chi connectivity index (χ1n) is 11.2. The minimum Gasteiger partial charge on any atom is -0.460 e. The largest absolute Gasteiger partial charge is 0.460 e. The van der Waals surface area contributed by atoms with E-state index >= 15 is 0 Å². The molecule has 0 aliphatic heterocycles. The summed E-state index contributed by atoms with van der Waals surface area (Å²) >= 11 is 0. The molecule has 2 rings (SSSR count). The Hall–Kier alpha value is -2.24. The number of ketones is 1. The van der Waals surface area contributed by atoms with Gasteiger partial charge in [0.05, 0.1) is 13.0 Å². The van der Waals surface area contributed by atoms with Gasteiger partial charge < -0.3 is 10.1 Å². The van der Waals surface area contributed by atoms with Crippen molar-refractivity contribution >= 4 is 17.7 Å². The molecule has 1 aromatic heterocycles. The maximum atomic E-state index is 12.8. The average molecular weight is 417 g/mol. The number of aromatic nitrogens is 1. The summed E-state index contributed by atoms with van der Waals surface area (Å²) in [6, 6.07) is 3.24. The van der Waals surface area contributed by atoms with Crippen LogP contribution in [0.15, 0.2) is 24.5 Å². The van der Waals surface area contributed by atoms with E-state index in [0.29, 0.717) is 12.0 Å². The zero-order valence-electron chi connectivity index (χ0n) is 18.6. The Morgan fingerprint density at radius 3 is 2.43 bits per heavy atom. The Bertz CT molecular complexity index is 691. The molecule has 1 aliphatic rings. The highest BCUT2D eigenvalue weighted by Gasteiger charge is 2.26. The molecule has 1 N–H and O–H groups in total. The molecule has 30 heavy (non-hydrogen) atoms. The van der Waals surface area contributed by atoms with E-state index in [9.17, 15) is 14.4 Å². The summed E-state index contributed by atoms with van der Waals surface area (Å²) < 4.78 is 5.42. The van der Waals surface area contributed by atoms with Gasteiger partial charge in [-0.25, -0.2) is 0 Å². The monoisotopic (exact) mass is 416 g/mol. The molecule has 0 saturated heterocycles. The Balaban J connectivity index is 1.89. The molecule has 1 atom stereocenters. The number of carbonyl (C=O) groups is 3. The van der Waals surface area contributed by atoms with Gasteiger partial charge in [0.25, 0.3) is 0 Å². The van der Waals surface area contributed by atoms with Crippen molar-refractivity contribution in [3.05, 3.63) is 30.1 Å². The third-order valence-electron chi connectivity index (χ3n) is 5.52. The predicted octanol–water partition coefficient (Wildman–Crippen LogP) is 4.48. The van der Waals surface area contributed by atoms with Crippen LogP contribution in [0.5, 0.6) is 0 Å². The molecule has 1 aliphatic carbocycles. The van der Waals surface area contributed by atoms with Crippen LogP contribution in [-0.2, 0) is 14.3 Å². The van der Waals surface area contributed by atoms with Crippen LogP contribution < -0.4 is 5.32 Å². The van der Waals surface area contributed by atoms with Gasteiger partial charge in [-0.15, -0.1) is 0 Å². The van der Waals surface area contributed by atoms with Crippen molar-refractivity contribution in [2.24, 2.45) is 11.8 Å². The van der Waals surface area contributed by atoms with Crippen LogP contribution in [0.4, 0.5) is 0 Å². The summed E-state index contributed by atoms with van der Waals surface area (Å²) in [6.45, 7) is 5.36. The fourth-order valence-electron chi connectivity index (χ4n) is 3.99. The minimum absolute atomic E-state index is 0.0389. The summed E-state index contributed by atoms with van der Waals surface area (Å²) in [4.78, 5) is 41.3. The number of hydrogen-bond donors (Lipinski definition) is 1. The number of nitrogens with zero attached hydrogens (tertiary/aromatic N) is 1. The normalized spacial score (nSPS) is 16.0. The smallest absolute Gasteiger partial charge is 0.307 e. The summed E-state index contributed by atoms with van der Waals surface area (Å²) in [5, 5.41) is 2.72. The molecular weight excluding hydrogens is 380 g/mol. The highest BCUT2D eigenvalue weighted by Crippen LogP contribution is 2.29. The molecule has 1 aromatic rings. The molecule has 6 heteroatoms. The van der Waals surface area contributed by atoms with Gasteiger partial charge >= 0.3 is 5.97 Å². The number of amides is 1. The number of Topliss-reactive ketones (excluding diaryl/α,β-unsaturated/α-hetero) is 1. The van der Waals surface area contributed by atoms with Gasteiger partial charge in [-0.2, -0.15) is 0 Å². The van der Waals surface area contributed by atoms with Crippen molar-refractivity contribution in [1.29, 1.82) is 0 Å². The van der Waals surface area contributed by atoms with E-state index in [0.717, 1.165) is 18.8 Å². The molecule has 1 fully saturated rings. The van der Waals surface area contributed by atoms with Crippen molar-refractivity contribution in [3.8, 4) is 0 Å². The van der Waals surface area contributed by atoms with Crippen molar-refractivity contribution in [3.63, 3.8) is 0 Å². The standard InChI is InChI=1S/C24H36N2O4/c1-24(2,3)30-22(28)16-20(11-7-10-18-8-5-4-6-9-18)23(29)26-17-21(27)19-12-14-25-15-13-19/h12-15,18,20H,4-11,16-17H2,1-3H3,(H,26,29)/t20-/m1/s1. The molecule has 166 valence electrons. The Morgan fingerprint density at radius 2 is 1.80 bits per heavy atom. The fraction of sp³-hybridized carbons (Fsp3) is 0.667. The second kappa shape index (κ2) is 11.8. The quantitative estimate of drug-likeness (QED) is 0.449. The van der Waals surface area contributed by atoms with Crippen molar-refractivity contribution in [1.82, 2.24) is 10.3 Å². The van der Waals surface area contributed by atoms with Gasteiger partial charge in [0.1, 0.15) is 5.60 Å². The molecule has 0 radical (unpaired) electrons. The molecule has 6 nitrogen and oxygen atoms in total. The number of rotatable bonds is 10. The van der Waals surface area contributed by atoms with E-state index < -0.39 is 11.5 Å². The molecule has 1 saturated carbocycles. The van der Waals surface area contributed by atoms with E-state index in [4.69, 9.17) is 4.74 Å². The van der Waals surface area contributed by atoms with Crippen LogP contribution in [0.3, 0.4) is 0 Å². The number of carbonyl (C=O) groups excluding carboxylic acids is 3. The maximum Gasteiger partial charge on any atom is 0.307 e. The number of ether oxygens (including phenoxy) is 1. The molecular formula is C24H36N2O4. The summed E-state index contributed by atoms with van der Waals surface area (Å²) in [5.74, 6) is -0.553. The lowest BCUT2D eigenvalue weighted by molar-refractivity contribution is -0.157.